The van der Waals surface area contributed by atoms with Crippen LogP contribution in [0.2, 0.25) is 0 Å². The minimum absolute atomic E-state index is 0.249. The van der Waals surface area contributed by atoms with Gasteiger partial charge in [0.1, 0.15) is 5.54 Å². The van der Waals surface area contributed by atoms with Gasteiger partial charge >= 0.3 is 0 Å². The second-order valence-corrected chi connectivity index (χ2v) is 3.19. The number of hydrogen-bond acceptors (Lipinski definition) is 4. The number of nitrogens with zero attached hydrogens (tertiary/aromatic N) is 1. The fourth-order valence-electron chi connectivity index (χ4n) is 0.681. The normalized spacial score (nSPS) is 14.9. The number of hydrogen-bond donors (Lipinski definition) is 1. The largest absolute Gasteiger partial charge is 0.379 e. The molecule has 0 aromatic rings. The van der Waals surface area contributed by atoms with Gasteiger partial charge in [0, 0.05) is 6.61 Å². The minimum Gasteiger partial charge on any atom is -0.379 e. The fraction of sp³-hybridized carbons (Fsp3) is 0.889. The van der Waals surface area contributed by atoms with Crippen LogP contribution in [0.25, 0.3) is 0 Å². The molecule has 0 heterocycles. The van der Waals surface area contributed by atoms with E-state index in [2.05, 4.69) is 0 Å². The summed E-state index contributed by atoms with van der Waals surface area (Å²) >= 11 is 0. The molecule has 0 aromatic heterocycles. The van der Waals surface area contributed by atoms with Crippen LogP contribution in [0.1, 0.15) is 20.3 Å². The van der Waals surface area contributed by atoms with Crippen LogP contribution in [0.4, 0.5) is 0 Å². The van der Waals surface area contributed by atoms with Crippen molar-refractivity contribution in [1.82, 2.24) is 0 Å². The lowest BCUT2D eigenvalue weighted by Gasteiger charge is -2.14. The highest BCUT2D eigenvalue weighted by Crippen LogP contribution is 1.96. The Kier molecular flexibility index (Phi) is 6.51. The highest BCUT2D eigenvalue weighted by molar-refractivity contribution is 5.00. The molecular weight excluding hydrogens is 168 g/mol. The van der Waals surface area contributed by atoms with Crippen LogP contribution < -0.4 is 5.73 Å². The molecule has 1 atom stereocenters. The van der Waals surface area contributed by atoms with Crippen molar-refractivity contribution in [3.05, 3.63) is 0 Å². The van der Waals surface area contributed by atoms with Crippen LogP contribution in [0.5, 0.6) is 0 Å². The molecule has 0 aliphatic carbocycles. The first-order valence-electron chi connectivity index (χ1n) is 4.48. The first-order chi connectivity index (χ1) is 6.12. The summed E-state index contributed by atoms with van der Waals surface area (Å²) in [5.41, 5.74) is 4.65. The Bertz CT molecular complexity index is 163. The van der Waals surface area contributed by atoms with Crippen molar-refractivity contribution < 1.29 is 9.47 Å². The van der Waals surface area contributed by atoms with Gasteiger partial charge in [0.15, 0.2) is 0 Å². The average Bonchev–Trinajstić information content (AvgIpc) is 2.11. The van der Waals surface area contributed by atoms with Crippen molar-refractivity contribution in [3.8, 4) is 6.07 Å². The van der Waals surface area contributed by atoms with Gasteiger partial charge in [-0.15, -0.1) is 0 Å². The molecule has 76 valence electrons. The van der Waals surface area contributed by atoms with Crippen molar-refractivity contribution >= 4 is 0 Å². The van der Waals surface area contributed by atoms with Crippen molar-refractivity contribution in [2.24, 2.45) is 5.73 Å². The van der Waals surface area contributed by atoms with Crippen LogP contribution in [0.3, 0.4) is 0 Å². The Morgan fingerprint density at radius 3 is 2.46 bits per heavy atom. The second-order valence-electron chi connectivity index (χ2n) is 3.19. The molecule has 0 aromatic carbocycles. The topological polar surface area (TPSA) is 68.3 Å². The van der Waals surface area contributed by atoms with Crippen molar-refractivity contribution in [3.63, 3.8) is 0 Å². The fourth-order valence-corrected chi connectivity index (χ4v) is 0.681. The Balaban J connectivity index is 3.22. The van der Waals surface area contributed by atoms with Gasteiger partial charge in [-0.05, 0) is 13.3 Å². The molecule has 0 fully saturated rings. The van der Waals surface area contributed by atoms with Crippen LogP contribution in [0, 0.1) is 11.3 Å². The van der Waals surface area contributed by atoms with E-state index >= 15 is 0 Å². The summed E-state index contributed by atoms with van der Waals surface area (Å²) in [4.78, 5) is 0. The zero-order chi connectivity index (χ0) is 10.2. The predicted octanol–water partition coefficient (Wildman–Crippen LogP) is 0.671. The number of rotatable bonds is 7. The van der Waals surface area contributed by atoms with E-state index in [4.69, 9.17) is 20.5 Å². The first-order valence-corrected chi connectivity index (χ1v) is 4.48. The Labute approximate surface area is 79.6 Å². The molecule has 0 bridgehead atoms. The molecule has 4 heteroatoms. The molecular formula is C9H18N2O2. The number of nitrogens with two attached hydrogens (primary N) is 1. The lowest BCUT2D eigenvalue weighted by atomic mass is 10.1. The highest BCUT2D eigenvalue weighted by atomic mass is 16.5. The maximum Gasteiger partial charge on any atom is 0.124 e. The molecule has 0 spiro atoms. The van der Waals surface area contributed by atoms with Crippen LogP contribution in [-0.2, 0) is 9.47 Å². The van der Waals surface area contributed by atoms with Gasteiger partial charge in [-0.1, -0.05) is 6.92 Å². The molecule has 0 aliphatic rings. The Hall–Kier alpha value is -0.630. The van der Waals surface area contributed by atoms with E-state index in [1.54, 1.807) is 6.92 Å². The third-order valence-electron chi connectivity index (χ3n) is 1.38. The molecule has 1 unspecified atom stereocenters. The van der Waals surface area contributed by atoms with Gasteiger partial charge in [0.25, 0.3) is 0 Å². The van der Waals surface area contributed by atoms with E-state index in [0.717, 1.165) is 13.0 Å². The van der Waals surface area contributed by atoms with E-state index in [9.17, 15) is 0 Å². The SMILES string of the molecule is CCCOCCOCC(C)(N)C#N. The van der Waals surface area contributed by atoms with Gasteiger partial charge in [-0.3, -0.25) is 0 Å². The second kappa shape index (κ2) is 6.84. The molecule has 2 N–H and O–H groups in total. The summed E-state index contributed by atoms with van der Waals surface area (Å²) in [6.45, 7) is 5.75. The molecule has 0 saturated carbocycles. The quantitative estimate of drug-likeness (QED) is 0.593. The van der Waals surface area contributed by atoms with Gasteiger partial charge in [-0.2, -0.15) is 5.26 Å². The molecule has 4 nitrogen and oxygen atoms in total. The van der Waals surface area contributed by atoms with E-state index < -0.39 is 5.54 Å². The van der Waals surface area contributed by atoms with E-state index in [1.165, 1.54) is 0 Å². The summed E-state index contributed by atoms with van der Waals surface area (Å²) in [6, 6.07) is 1.96. The predicted molar refractivity (Wildman–Crippen MR) is 50.1 cm³/mol. The average molecular weight is 186 g/mol. The third-order valence-corrected chi connectivity index (χ3v) is 1.38. The van der Waals surface area contributed by atoms with E-state index in [-0.39, 0.29) is 6.61 Å². The summed E-state index contributed by atoms with van der Waals surface area (Å²) < 4.78 is 10.3. The number of nitriles is 1. The molecule has 13 heavy (non-hydrogen) atoms. The minimum atomic E-state index is -0.884. The standard InChI is InChI=1S/C9H18N2O2/c1-3-4-12-5-6-13-8-9(2,11)7-10/h3-6,8,11H2,1-2H3. The molecule has 0 amide bonds. The van der Waals surface area contributed by atoms with Gasteiger partial charge in [0.05, 0.1) is 25.9 Å². The van der Waals surface area contributed by atoms with Gasteiger partial charge in [-0.25, -0.2) is 0 Å². The van der Waals surface area contributed by atoms with Crippen LogP contribution in [0.15, 0.2) is 0 Å². The smallest absolute Gasteiger partial charge is 0.124 e. The summed E-state index contributed by atoms with van der Waals surface area (Å²) in [6.07, 6.45) is 1.01. The lowest BCUT2D eigenvalue weighted by Crippen LogP contribution is -2.39. The van der Waals surface area contributed by atoms with E-state index in [0.29, 0.717) is 13.2 Å². The Morgan fingerprint density at radius 2 is 1.92 bits per heavy atom. The summed E-state index contributed by atoms with van der Waals surface area (Å²) in [5, 5.41) is 8.55. The van der Waals surface area contributed by atoms with Crippen molar-refractivity contribution in [2.75, 3.05) is 26.4 Å². The molecule has 0 aliphatic heterocycles. The van der Waals surface area contributed by atoms with Gasteiger partial charge in [0.2, 0.25) is 0 Å². The summed E-state index contributed by atoms with van der Waals surface area (Å²) in [5.74, 6) is 0. The molecule has 0 radical (unpaired) electrons. The van der Waals surface area contributed by atoms with Crippen molar-refractivity contribution in [1.29, 1.82) is 5.26 Å². The number of ether oxygens (including phenoxy) is 2. The van der Waals surface area contributed by atoms with Crippen LogP contribution >= 0.6 is 0 Å². The maximum atomic E-state index is 8.55. The van der Waals surface area contributed by atoms with Crippen LogP contribution in [-0.4, -0.2) is 32.0 Å². The Morgan fingerprint density at radius 1 is 1.31 bits per heavy atom. The summed E-state index contributed by atoms with van der Waals surface area (Å²) in [7, 11) is 0. The first kappa shape index (κ1) is 12.4. The monoisotopic (exact) mass is 186 g/mol. The third kappa shape index (κ3) is 7.72. The highest BCUT2D eigenvalue weighted by Gasteiger charge is 2.16. The zero-order valence-corrected chi connectivity index (χ0v) is 8.38. The zero-order valence-electron chi connectivity index (χ0n) is 8.38. The maximum absolute atomic E-state index is 8.55. The molecule has 0 saturated heterocycles. The van der Waals surface area contributed by atoms with Gasteiger partial charge < -0.3 is 15.2 Å². The van der Waals surface area contributed by atoms with Crippen molar-refractivity contribution in [2.45, 2.75) is 25.8 Å². The van der Waals surface area contributed by atoms with E-state index in [1.807, 2.05) is 13.0 Å². The molecule has 0 rings (SSSR count). The lowest BCUT2D eigenvalue weighted by molar-refractivity contribution is 0.0374.